The van der Waals surface area contributed by atoms with E-state index >= 15 is 0 Å². The van der Waals surface area contributed by atoms with Crippen molar-refractivity contribution in [2.24, 2.45) is 11.8 Å². The Bertz CT molecular complexity index is 1010. The molecule has 12 nitrogen and oxygen atoms in total. The Hall–Kier alpha value is -2.86. The summed E-state index contributed by atoms with van der Waals surface area (Å²) in [6.07, 6.45) is 2.26. The fraction of sp³-hybridized carbons (Fsp3) is 0.632. The van der Waals surface area contributed by atoms with Gasteiger partial charge in [0.05, 0.1) is 23.9 Å². The van der Waals surface area contributed by atoms with Gasteiger partial charge >= 0.3 is 17.6 Å². The van der Waals surface area contributed by atoms with E-state index < -0.39 is 41.5 Å². The van der Waals surface area contributed by atoms with E-state index in [9.17, 15) is 14.4 Å². The number of alkyl halides is 1. The van der Waals surface area contributed by atoms with E-state index in [0.29, 0.717) is 0 Å². The number of carbonyl (C=O) groups excluding carboxylic acids is 2. The number of esters is 2. The van der Waals surface area contributed by atoms with Gasteiger partial charge in [-0.2, -0.15) is 19.9 Å². The zero-order valence-corrected chi connectivity index (χ0v) is 18.9. The zero-order chi connectivity index (χ0) is 23.5. The molecule has 0 spiro atoms. The molecule has 2 aromatic rings. The first-order valence-electron chi connectivity index (χ1n) is 10.1. The van der Waals surface area contributed by atoms with Gasteiger partial charge in [-0.3, -0.25) is 9.59 Å². The molecule has 1 aliphatic rings. The summed E-state index contributed by atoms with van der Waals surface area (Å²) in [6.45, 7) is 6.51. The summed E-state index contributed by atoms with van der Waals surface area (Å²) in [5, 5.41) is 8.03. The van der Waals surface area contributed by atoms with Gasteiger partial charge in [-0.05, 0) is 0 Å². The second kappa shape index (κ2) is 9.74. The molecule has 32 heavy (non-hydrogen) atoms. The van der Waals surface area contributed by atoms with Crippen molar-refractivity contribution in [3.63, 3.8) is 0 Å². The minimum absolute atomic E-state index is 0.0711. The summed E-state index contributed by atoms with van der Waals surface area (Å²) < 4.78 is 19.3. The molecule has 3 rings (SSSR count). The van der Waals surface area contributed by atoms with Crippen LogP contribution in [0.25, 0.3) is 5.82 Å². The average molecular weight is 469 g/mol. The second-order valence-corrected chi connectivity index (χ2v) is 8.30. The standard InChI is InChI=1S/C19H25ClN6O6/c1-11(2)16(27)30-8-19(7-20)13(31-17(28)12(3)4)5-15(32-19)26-18(29)24-14(6-22-26)25-10-21-9-23-25/h6,9-13,15H,5,7-8H2,1-4H3/t13-,15?,19+/m0/s1. The van der Waals surface area contributed by atoms with Gasteiger partial charge in [-0.25, -0.2) is 14.5 Å². The van der Waals surface area contributed by atoms with Crippen LogP contribution >= 0.6 is 11.6 Å². The molecule has 1 saturated heterocycles. The lowest BCUT2D eigenvalue weighted by Crippen LogP contribution is -2.49. The molecule has 1 aliphatic heterocycles. The molecule has 0 aliphatic carbocycles. The van der Waals surface area contributed by atoms with Gasteiger partial charge in [0, 0.05) is 6.42 Å². The molecular formula is C19H25ClN6O6. The van der Waals surface area contributed by atoms with Gasteiger partial charge in [0.2, 0.25) is 0 Å². The molecule has 0 radical (unpaired) electrons. The minimum Gasteiger partial charge on any atom is -0.462 e. The predicted octanol–water partition coefficient (Wildman–Crippen LogP) is 0.883. The minimum atomic E-state index is -1.35. The van der Waals surface area contributed by atoms with E-state index in [0.717, 1.165) is 4.68 Å². The molecule has 13 heteroatoms. The van der Waals surface area contributed by atoms with Crippen molar-refractivity contribution in [1.29, 1.82) is 0 Å². The Morgan fingerprint density at radius 3 is 2.53 bits per heavy atom. The van der Waals surface area contributed by atoms with E-state index in [2.05, 4.69) is 20.2 Å². The van der Waals surface area contributed by atoms with E-state index in [1.54, 1.807) is 27.7 Å². The number of halogens is 1. The van der Waals surface area contributed by atoms with Crippen molar-refractivity contribution < 1.29 is 23.8 Å². The Balaban J connectivity index is 1.88. The summed E-state index contributed by atoms with van der Waals surface area (Å²) in [5.41, 5.74) is -2.06. The van der Waals surface area contributed by atoms with Crippen LogP contribution in [0.1, 0.15) is 40.3 Å². The van der Waals surface area contributed by atoms with Gasteiger partial charge in [-0.15, -0.1) is 11.6 Å². The molecule has 1 unspecified atom stereocenters. The van der Waals surface area contributed by atoms with Crippen LogP contribution in [-0.2, 0) is 23.8 Å². The van der Waals surface area contributed by atoms with Crippen LogP contribution < -0.4 is 5.69 Å². The van der Waals surface area contributed by atoms with Crippen molar-refractivity contribution in [2.75, 3.05) is 12.5 Å². The topological polar surface area (TPSA) is 140 Å². The monoisotopic (exact) mass is 468 g/mol. The lowest BCUT2D eigenvalue weighted by Gasteiger charge is -2.32. The summed E-state index contributed by atoms with van der Waals surface area (Å²) in [4.78, 5) is 44.7. The van der Waals surface area contributed by atoms with Crippen LogP contribution in [-0.4, -0.2) is 65.7 Å². The quantitative estimate of drug-likeness (QED) is 0.405. The summed E-state index contributed by atoms with van der Waals surface area (Å²) >= 11 is 6.22. The normalized spacial score (nSPS) is 23.0. The highest BCUT2D eigenvalue weighted by molar-refractivity contribution is 6.18. The van der Waals surface area contributed by atoms with Crippen LogP contribution in [0.15, 0.2) is 23.6 Å². The van der Waals surface area contributed by atoms with Gasteiger partial charge in [0.15, 0.2) is 17.6 Å². The third-order valence-corrected chi connectivity index (χ3v) is 5.34. The highest BCUT2D eigenvalue weighted by Gasteiger charge is 2.53. The molecule has 0 aromatic carbocycles. The van der Waals surface area contributed by atoms with E-state index in [1.807, 2.05) is 0 Å². The van der Waals surface area contributed by atoms with Crippen molar-refractivity contribution in [2.45, 2.75) is 52.0 Å². The maximum Gasteiger partial charge on any atom is 0.368 e. The predicted molar refractivity (Wildman–Crippen MR) is 110 cm³/mol. The largest absolute Gasteiger partial charge is 0.462 e. The first-order valence-corrected chi connectivity index (χ1v) is 10.6. The average Bonchev–Trinajstić information content (AvgIpc) is 3.40. The van der Waals surface area contributed by atoms with Gasteiger partial charge < -0.3 is 14.2 Å². The SMILES string of the molecule is CC(C)C(=O)OC[C@@]1(CCl)OC(n2ncc(-n3cncn3)nc2=O)C[C@@H]1OC(=O)C(C)C. The zero-order valence-electron chi connectivity index (χ0n) is 18.2. The van der Waals surface area contributed by atoms with Crippen molar-refractivity contribution in [3.05, 3.63) is 29.3 Å². The first kappa shape index (κ1) is 23.8. The van der Waals surface area contributed by atoms with Crippen LogP contribution in [0.2, 0.25) is 0 Å². The van der Waals surface area contributed by atoms with Crippen LogP contribution in [0, 0.1) is 11.8 Å². The molecule has 2 aromatic heterocycles. The molecule has 3 heterocycles. The first-order chi connectivity index (χ1) is 15.2. The number of rotatable bonds is 8. The number of aromatic nitrogens is 6. The van der Waals surface area contributed by atoms with Crippen LogP contribution in [0.4, 0.5) is 0 Å². The Labute approximate surface area is 188 Å². The summed E-state index contributed by atoms with van der Waals surface area (Å²) in [7, 11) is 0. The van der Waals surface area contributed by atoms with Crippen molar-refractivity contribution in [1.82, 2.24) is 29.5 Å². The van der Waals surface area contributed by atoms with Crippen molar-refractivity contribution in [3.8, 4) is 5.82 Å². The fourth-order valence-corrected chi connectivity index (χ4v) is 3.31. The second-order valence-electron chi connectivity index (χ2n) is 8.03. The molecular weight excluding hydrogens is 444 g/mol. The Kier molecular flexibility index (Phi) is 7.24. The number of hydrogen-bond donors (Lipinski definition) is 0. The summed E-state index contributed by atoms with van der Waals surface area (Å²) in [6, 6.07) is 0. The number of nitrogens with zero attached hydrogens (tertiary/aromatic N) is 6. The molecule has 3 atom stereocenters. The molecule has 0 N–H and O–H groups in total. The Morgan fingerprint density at radius 1 is 1.25 bits per heavy atom. The summed E-state index contributed by atoms with van der Waals surface area (Å²) in [5.74, 6) is -1.66. The molecule has 0 saturated carbocycles. The number of ether oxygens (including phenoxy) is 3. The smallest absolute Gasteiger partial charge is 0.368 e. The van der Waals surface area contributed by atoms with Crippen LogP contribution in [0.5, 0.6) is 0 Å². The van der Waals surface area contributed by atoms with Crippen LogP contribution in [0.3, 0.4) is 0 Å². The molecule has 0 amide bonds. The third kappa shape index (κ3) is 4.96. The molecule has 0 bridgehead atoms. The van der Waals surface area contributed by atoms with Gasteiger partial charge in [-0.1, -0.05) is 27.7 Å². The highest BCUT2D eigenvalue weighted by Crippen LogP contribution is 2.39. The maximum absolute atomic E-state index is 12.6. The molecule has 174 valence electrons. The fourth-order valence-electron chi connectivity index (χ4n) is 2.99. The highest BCUT2D eigenvalue weighted by atomic mass is 35.5. The van der Waals surface area contributed by atoms with E-state index in [4.69, 9.17) is 25.8 Å². The van der Waals surface area contributed by atoms with Gasteiger partial charge in [0.1, 0.15) is 25.4 Å². The lowest BCUT2D eigenvalue weighted by atomic mass is 9.99. The lowest BCUT2D eigenvalue weighted by molar-refractivity contribution is -0.177. The maximum atomic E-state index is 12.6. The third-order valence-electron chi connectivity index (χ3n) is 4.89. The van der Waals surface area contributed by atoms with Gasteiger partial charge in [0.25, 0.3) is 0 Å². The van der Waals surface area contributed by atoms with Crippen molar-refractivity contribution >= 4 is 23.5 Å². The van der Waals surface area contributed by atoms with E-state index in [-0.39, 0.29) is 30.6 Å². The van der Waals surface area contributed by atoms with E-state index in [1.165, 1.54) is 23.5 Å². The Morgan fingerprint density at radius 2 is 1.97 bits per heavy atom. The number of carbonyl (C=O) groups is 2. The molecule has 1 fully saturated rings. The number of hydrogen-bond acceptors (Lipinski definition) is 10.